The summed E-state index contributed by atoms with van der Waals surface area (Å²) in [6.45, 7) is 3.85. The highest BCUT2D eigenvalue weighted by Gasteiger charge is 2.44. The molecule has 3 N–H and O–H groups in total. The van der Waals surface area contributed by atoms with Crippen LogP contribution in [0.3, 0.4) is 0 Å². The van der Waals surface area contributed by atoms with E-state index in [9.17, 15) is 14.9 Å². The fraction of sp³-hybridized carbons (Fsp3) is 0.500. The second kappa shape index (κ2) is 5.69. The van der Waals surface area contributed by atoms with E-state index < -0.39 is 16.4 Å². The molecular formula is C14H19N3O4. The van der Waals surface area contributed by atoms with Gasteiger partial charge in [-0.05, 0) is 44.7 Å². The van der Waals surface area contributed by atoms with Gasteiger partial charge in [-0.25, -0.2) is 0 Å². The Labute approximate surface area is 122 Å². The molecule has 1 saturated carbocycles. The lowest BCUT2D eigenvalue weighted by Gasteiger charge is -2.23. The maximum absolute atomic E-state index is 12.2. The van der Waals surface area contributed by atoms with Crippen molar-refractivity contribution in [3.63, 3.8) is 0 Å². The van der Waals surface area contributed by atoms with Gasteiger partial charge in [0, 0.05) is 0 Å². The second-order valence-electron chi connectivity index (χ2n) is 5.38. The molecule has 0 radical (unpaired) electrons. The number of nitro groups is 1. The molecule has 0 heterocycles. The molecule has 1 atom stereocenters. The van der Waals surface area contributed by atoms with Crippen LogP contribution in [0.25, 0.3) is 0 Å². The van der Waals surface area contributed by atoms with Gasteiger partial charge >= 0.3 is 0 Å². The summed E-state index contributed by atoms with van der Waals surface area (Å²) in [5, 5.41) is 13.7. The van der Waals surface area contributed by atoms with Gasteiger partial charge in [0.05, 0.1) is 23.1 Å². The van der Waals surface area contributed by atoms with Crippen molar-refractivity contribution in [1.82, 2.24) is 0 Å². The highest BCUT2D eigenvalue weighted by Crippen LogP contribution is 2.39. The molecule has 1 fully saturated rings. The van der Waals surface area contributed by atoms with Crippen molar-refractivity contribution < 1.29 is 14.5 Å². The van der Waals surface area contributed by atoms with Gasteiger partial charge in [-0.3, -0.25) is 14.9 Å². The molecular weight excluding hydrogens is 274 g/mol. The van der Waals surface area contributed by atoms with Crippen molar-refractivity contribution in [2.24, 2.45) is 11.7 Å². The quantitative estimate of drug-likeness (QED) is 0.616. The molecule has 7 nitrogen and oxygen atoms in total. The summed E-state index contributed by atoms with van der Waals surface area (Å²) in [6, 6.07) is 4.34. The van der Waals surface area contributed by atoms with Crippen molar-refractivity contribution in [3.8, 4) is 5.75 Å². The maximum Gasteiger partial charge on any atom is 0.296 e. The fourth-order valence-electron chi connectivity index (χ4n) is 2.15. The fourth-order valence-corrected chi connectivity index (χ4v) is 2.15. The summed E-state index contributed by atoms with van der Waals surface area (Å²) in [5.74, 6) is 0.122. The molecule has 1 aromatic rings. The number of hydrogen-bond acceptors (Lipinski definition) is 5. The van der Waals surface area contributed by atoms with Gasteiger partial charge in [0.25, 0.3) is 5.69 Å². The van der Waals surface area contributed by atoms with E-state index in [1.54, 1.807) is 19.9 Å². The summed E-state index contributed by atoms with van der Waals surface area (Å²) < 4.78 is 5.23. The van der Waals surface area contributed by atoms with E-state index in [-0.39, 0.29) is 17.3 Å². The molecule has 7 heteroatoms. The van der Waals surface area contributed by atoms with Crippen LogP contribution in [0, 0.1) is 16.0 Å². The first-order valence-electron chi connectivity index (χ1n) is 6.87. The van der Waals surface area contributed by atoms with Crippen LogP contribution in [-0.2, 0) is 4.79 Å². The Kier molecular flexibility index (Phi) is 4.13. The Bertz CT molecular complexity index is 567. The average molecular weight is 293 g/mol. The number of nitrogens with zero attached hydrogens (tertiary/aromatic N) is 1. The number of carbonyl (C=O) groups is 1. The Hall–Kier alpha value is -2.15. The van der Waals surface area contributed by atoms with Crippen molar-refractivity contribution in [1.29, 1.82) is 0 Å². The number of rotatable bonds is 6. The van der Waals surface area contributed by atoms with Crippen molar-refractivity contribution in [2.75, 3.05) is 11.9 Å². The van der Waals surface area contributed by atoms with Crippen LogP contribution >= 0.6 is 0 Å². The molecule has 1 aliphatic carbocycles. The third-order valence-electron chi connectivity index (χ3n) is 3.64. The minimum Gasteiger partial charge on any atom is -0.494 e. The van der Waals surface area contributed by atoms with Crippen LogP contribution in [0.15, 0.2) is 18.2 Å². The van der Waals surface area contributed by atoms with Crippen LogP contribution in [0.5, 0.6) is 5.75 Å². The third-order valence-corrected chi connectivity index (χ3v) is 3.64. The van der Waals surface area contributed by atoms with E-state index >= 15 is 0 Å². The lowest BCUT2D eigenvalue weighted by atomic mass is 9.96. The summed E-state index contributed by atoms with van der Waals surface area (Å²) >= 11 is 0. The number of benzene rings is 1. The highest BCUT2D eigenvalue weighted by molar-refractivity contribution is 5.99. The molecule has 2 rings (SSSR count). The van der Waals surface area contributed by atoms with Crippen LogP contribution in [-0.4, -0.2) is 23.0 Å². The average Bonchev–Trinajstić information content (AvgIpc) is 3.25. The zero-order chi connectivity index (χ0) is 15.6. The van der Waals surface area contributed by atoms with Crippen LogP contribution < -0.4 is 15.8 Å². The number of anilines is 1. The summed E-state index contributed by atoms with van der Waals surface area (Å²) in [4.78, 5) is 22.8. The van der Waals surface area contributed by atoms with Gasteiger partial charge in [0.2, 0.25) is 5.91 Å². The van der Waals surface area contributed by atoms with Gasteiger partial charge in [-0.2, -0.15) is 0 Å². The Morgan fingerprint density at radius 2 is 2.24 bits per heavy atom. The predicted octanol–water partition coefficient (Wildman–Crippen LogP) is 2.06. The van der Waals surface area contributed by atoms with E-state index in [0.29, 0.717) is 12.4 Å². The SMILES string of the molecule is CCOc1ccc(NC(=O)C(C)(N)C2CC2)c([N+](=O)[O-])c1. The first-order valence-corrected chi connectivity index (χ1v) is 6.87. The van der Waals surface area contributed by atoms with Crippen molar-refractivity contribution >= 4 is 17.3 Å². The molecule has 21 heavy (non-hydrogen) atoms. The standard InChI is InChI=1S/C14H19N3O4/c1-3-21-10-6-7-11(12(8-10)17(19)20)16-13(18)14(2,15)9-4-5-9/h6-9H,3-5,15H2,1-2H3,(H,16,18). The summed E-state index contributed by atoms with van der Waals surface area (Å²) in [6.07, 6.45) is 1.82. The number of carbonyl (C=O) groups excluding carboxylic acids is 1. The Morgan fingerprint density at radius 1 is 1.57 bits per heavy atom. The predicted molar refractivity (Wildman–Crippen MR) is 78.2 cm³/mol. The molecule has 1 amide bonds. The Morgan fingerprint density at radius 3 is 2.76 bits per heavy atom. The van der Waals surface area contributed by atoms with Gasteiger partial charge in [-0.1, -0.05) is 0 Å². The zero-order valence-electron chi connectivity index (χ0n) is 12.1. The first kappa shape index (κ1) is 15.2. The van der Waals surface area contributed by atoms with E-state index in [0.717, 1.165) is 12.8 Å². The van der Waals surface area contributed by atoms with E-state index in [4.69, 9.17) is 10.5 Å². The Balaban J connectivity index is 2.22. The smallest absolute Gasteiger partial charge is 0.296 e. The van der Waals surface area contributed by atoms with Crippen LogP contribution in [0.4, 0.5) is 11.4 Å². The molecule has 0 saturated heterocycles. The van der Waals surface area contributed by atoms with Gasteiger partial charge in [-0.15, -0.1) is 0 Å². The summed E-state index contributed by atoms with van der Waals surface area (Å²) in [7, 11) is 0. The first-order chi connectivity index (χ1) is 9.86. The summed E-state index contributed by atoms with van der Waals surface area (Å²) in [5.41, 5.74) is 4.93. The molecule has 0 spiro atoms. The van der Waals surface area contributed by atoms with Crippen molar-refractivity contribution in [2.45, 2.75) is 32.2 Å². The van der Waals surface area contributed by atoms with Crippen LogP contribution in [0.2, 0.25) is 0 Å². The van der Waals surface area contributed by atoms with E-state index in [1.807, 2.05) is 0 Å². The number of hydrogen-bond donors (Lipinski definition) is 2. The van der Waals surface area contributed by atoms with Crippen LogP contribution in [0.1, 0.15) is 26.7 Å². The highest BCUT2D eigenvalue weighted by atomic mass is 16.6. The normalized spacial score (nSPS) is 16.9. The van der Waals surface area contributed by atoms with Gasteiger partial charge in [0.15, 0.2) is 0 Å². The number of ether oxygens (including phenoxy) is 1. The van der Waals surface area contributed by atoms with Gasteiger partial charge in [0.1, 0.15) is 11.4 Å². The monoisotopic (exact) mass is 293 g/mol. The van der Waals surface area contributed by atoms with Gasteiger partial charge < -0.3 is 15.8 Å². The minimum absolute atomic E-state index is 0.130. The van der Waals surface area contributed by atoms with E-state index in [1.165, 1.54) is 12.1 Å². The topological polar surface area (TPSA) is 107 Å². The largest absolute Gasteiger partial charge is 0.494 e. The molecule has 0 aromatic heterocycles. The third kappa shape index (κ3) is 3.30. The molecule has 0 aliphatic heterocycles. The molecule has 1 unspecified atom stereocenters. The molecule has 1 aromatic carbocycles. The molecule has 1 aliphatic rings. The lowest BCUT2D eigenvalue weighted by Crippen LogP contribution is -2.50. The maximum atomic E-state index is 12.2. The number of nitrogens with one attached hydrogen (secondary N) is 1. The number of nitrogens with two attached hydrogens (primary N) is 1. The zero-order valence-corrected chi connectivity index (χ0v) is 12.1. The molecule has 114 valence electrons. The minimum atomic E-state index is -1.01. The van der Waals surface area contributed by atoms with Crippen molar-refractivity contribution in [3.05, 3.63) is 28.3 Å². The number of amides is 1. The molecule has 0 bridgehead atoms. The second-order valence-corrected chi connectivity index (χ2v) is 5.38. The lowest BCUT2D eigenvalue weighted by molar-refractivity contribution is -0.384. The van der Waals surface area contributed by atoms with E-state index in [2.05, 4.69) is 5.32 Å². The number of nitro benzene ring substituents is 1.